The maximum Gasteiger partial charge on any atom is 0.252 e. The van der Waals surface area contributed by atoms with Crippen molar-refractivity contribution >= 4 is 34.8 Å². The predicted molar refractivity (Wildman–Crippen MR) is 76.2 cm³/mol. The minimum Gasteiger partial charge on any atom is -0.378 e. The zero-order chi connectivity index (χ0) is 14.1. The number of morpholine rings is 1. The third-order valence-electron chi connectivity index (χ3n) is 3.58. The van der Waals surface area contributed by atoms with Crippen LogP contribution in [0.2, 0.25) is 0 Å². The van der Waals surface area contributed by atoms with Gasteiger partial charge < -0.3 is 9.64 Å². The Balaban J connectivity index is 1.79. The van der Waals surface area contributed by atoms with E-state index in [0.29, 0.717) is 5.69 Å². The first kappa shape index (κ1) is 13.4. The van der Waals surface area contributed by atoms with Crippen molar-refractivity contribution in [3.63, 3.8) is 0 Å². The Bertz CT molecular complexity index is 526. The van der Waals surface area contributed by atoms with E-state index in [4.69, 9.17) is 16.3 Å². The highest BCUT2D eigenvalue weighted by atomic mass is 35.5. The van der Waals surface area contributed by atoms with Crippen molar-refractivity contribution in [2.24, 2.45) is 0 Å². The Labute approximate surface area is 122 Å². The molecule has 0 spiro atoms. The quantitative estimate of drug-likeness (QED) is 0.611. The molecule has 1 unspecified atom stereocenters. The van der Waals surface area contributed by atoms with Crippen molar-refractivity contribution in [1.29, 1.82) is 0 Å². The second kappa shape index (κ2) is 5.42. The fourth-order valence-electron chi connectivity index (χ4n) is 2.50. The van der Waals surface area contributed by atoms with Crippen LogP contribution in [0.3, 0.4) is 0 Å². The number of hydrogen-bond acceptors (Lipinski definition) is 4. The van der Waals surface area contributed by atoms with Crippen molar-refractivity contribution in [2.45, 2.75) is 11.8 Å². The van der Waals surface area contributed by atoms with E-state index < -0.39 is 5.38 Å². The summed E-state index contributed by atoms with van der Waals surface area (Å²) in [5.41, 5.74) is 1.65. The standard InChI is InChI=1S/C14H15ClN2O3/c15-12-9-13(18)17(14(12)19)11-3-1-10(2-4-11)16-5-7-20-8-6-16/h1-4,12H,5-9H2. The summed E-state index contributed by atoms with van der Waals surface area (Å²) in [6.07, 6.45) is 0.0750. The summed E-state index contributed by atoms with van der Waals surface area (Å²) in [7, 11) is 0. The average molecular weight is 295 g/mol. The van der Waals surface area contributed by atoms with Gasteiger partial charge >= 0.3 is 0 Å². The molecule has 2 fully saturated rings. The molecule has 2 heterocycles. The molecule has 0 aromatic heterocycles. The molecule has 106 valence electrons. The Kier molecular flexibility index (Phi) is 3.63. The van der Waals surface area contributed by atoms with Crippen LogP contribution >= 0.6 is 11.6 Å². The number of benzene rings is 1. The van der Waals surface area contributed by atoms with E-state index in [1.807, 2.05) is 12.1 Å². The zero-order valence-electron chi connectivity index (χ0n) is 10.9. The van der Waals surface area contributed by atoms with E-state index in [0.717, 1.165) is 32.0 Å². The molecule has 1 aromatic carbocycles. The molecule has 0 bridgehead atoms. The summed E-state index contributed by atoms with van der Waals surface area (Å²) in [6.45, 7) is 3.15. The molecule has 0 N–H and O–H groups in total. The fraction of sp³-hybridized carbons (Fsp3) is 0.429. The van der Waals surface area contributed by atoms with Crippen LogP contribution < -0.4 is 9.80 Å². The minimum atomic E-state index is -0.735. The van der Waals surface area contributed by atoms with Crippen LogP contribution in [0.25, 0.3) is 0 Å². The third kappa shape index (κ3) is 2.39. The first-order valence-corrected chi connectivity index (χ1v) is 7.04. The summed E-state index contributed by atoms with van der Waals surface area (Å²) in [5.74, 6) is -0.579. The predicted octanol–water partition coefficient (Wildman–Crippen LogP) is 1.39. The molecular weight excluding hydrogens is 280 g/mol. The number of carbonyl (C=O) groups is 2. The smallest absolute Gasteiger partial charge is 0.252 e. The van der Waals surface area contributed by atoms with Crippen molar-refractivity contribution in [3.05, 3.63) is 24.3 Å². The molecule has 5 nitrogen and oxygen atoms in total. The summed E-state index contributed by atoms with van der Waals surface area (Å²) in [6, 6.07) is 7.41. The maximum absolute atomic E-state index is 11.8. The molecule has 1 aromatic rings. The normalized spacial score (nSPS) is 23.6. The van der Waals surface area contributed by atoms with Crippen LogP contribution in [0.5, 0.6) is 0 Å². The first-order chi connectivity index (χ1) is 9.66. The second-order valence-corrected chi connectivity index (χ2v) is 5.38. The van der Waals surface area contributed by atoms with Gasteiger partial charge in [0.25, 0.3) is 5.91 Å². The molecule has 6 heteroatoms. The van der Waals surface area contributed by atoms with Crippen LogP contribution in [0.4, 0.5) is 11.4 Å². The van der Waals surface area contributed by atoms with Crippen molar-refractivity contribution < 1.29 is 14.3 Å². The first-order valence-electron chi connectivity index (χ1n) is 6.60. The monoisotopic (exact) mass is 294 g/mol. The van der Waals surface area contributed by atoms with Crippen molar-refractivity contribution in [2.75, 3.05) is 36.1 Å². The van der Waals surface area contributed by atoms with Gasteiger partial charge in [-0.15, -0.1) is 11.6 Å². The molecule has 2 amide bonds. The summed E-state index contributed by atoms with van der Waals surface area (Å²) in [4.78, 5) is 27.0. The lowest BCUT2D eigenvalue weighted by atomic mass is 10.2. The molecule has 1 atom stereocenters. The Morgan fingerprint density at radius 1 is 1.05 bits per heavy atom. The number of anilines is 2. The van der Waals surface area contributed by atoms with Gasteiger partial charge in [-0.2, -0.15) is 0 Å². The van der Waals surface area contributed by atoms with Crippen LogP contribution in [-0.2, 0) is 14.3 Å². The number of amides is 2. The summed E-state index contributed by atoms with van der Waals surface area (Å²) < 4.78 is 5.31. The van der Waals surface area contributed by atoms with Gasteiger partial charge in [0.05, 0.1) is 25.3 Å². The maximum atomic E-state index is 11.8. The SMILES string of the molecule is O=C1CC(Cl)C(=O)N1c1ccc(N2CCOCC2)cc1. The number of ether oxygens (including phenoxy) is 1. The summed E-state index contributed by atoms with van der Waals surface area (Å²) in [5, 5.41) is -0.735. The van der Waals surface area contributed by atoms with E-state index in [1.165, 1.54) is 4.90 Å². The third-order valence-corrected chi connectivity index (χ3v) is 3.92. The van der Waals surface area contributed by atoms with Crippen LogP contribution in [0.15, 0.2) is 24.3 Å². The van der Waals surface area contributed by atoms with Crippen LogP contribution in [0.1, 0.15) is 6.42 Å². The number of hydrogen-bond donors (Lipinski definition) is 0. The lowest BCUT2D eigenvalue weighted by molar-refractivity contribution is -0.121. The van der Waals surface area contributed by atoms with E-state index in [9.17, 15) is 9.59 Å². The van der Waals surface area contributed by atoms with Crippen LogP contribution in [-0.4, -0.2) is 43.5 Å². The molecule has 0 aliphatic carbocycles. The van der Waals surface area contributed by atoms with Gasteiger partial charge in [-0.05, 0) is 24.3 Å². The molecule has 2 saturated heterocycles. The van der Waals surface area contributed by atoms with Crippen molar-refractivity contribution in [3.8, 4) is 0 Å². The van der Waals surface area contributed by atoms with Crippen molar-refractivity contribution in [1.82, 2.24) is 0 Å². The number of carbonyl (C=O) groups excluding carboxylic acids is 2. The number of imide groups is 1. The highest BCUT2D eigenvalue weighted by Crippen LogP contribution is 2.27. The fourth-order valence-corrected chi connectivity index (χ4v) is 2.73. The molecule has 0 radical (unpaired) electrons. The van der Waals surface area contributed by atoms with Gasteiger partial charge in [0.1, 0.15) is 5.38 Å². The number of rotatable bonds is 2. The Morgan fingerprint density at radius 2 is 1.65 bits per heavy atom. The molecule has 3 rings (SSSR count). The highest BCUT2D eigenvalue weighted by Gasteiger charge is 2.38. The lowest BCUT2D eigenvalue weighted by Gasteiger charge is -2.29. The minimum absolute atomic E-state index is 0.0750. The van der Waals surface area contributed by atoms with Gasteiger partial charge in [-0.1, -0.05) is 0 Å². The van der Waals surface area contributed by atoms with E-state index in [1.54, 1.807) is 12.1 Å². The van der Waals surface area contributed by atoms with Gasteiger partial charge in [0.15, 0.2) is 0 Å². The molecule has 2 aliphatic rings. The van der Waals surface area contributed by atoms with Gasteiger partial charge in [-0.25, -0.2) is 4.90 Å². The number of alkyl halides is 1. The molecule has 0 saturated carbocycles. The average Bonchev–Trinajstić information content (AvgIpc) is 2.73. The zero-order valence-corrected chi connectivity index (χ0v) is 11.7. The number of halogens is 1. The molecule has 2 aliphatic heterocycles. The highest BCUT2D eigenvalue weighted by molar-refractivity contribution is 6.40. The molecule has 20 heavy (non-hydrogen) atoms. The van der Waals surface area contributed by atoms with E-state index >= 15 is 0 Å². The second-order valence-electron chi connectivity index (χ2n) is 4.85. The van der Waals surface area contributed by atoms with Gasteiger partial charge in [-0.3, -0.25) is 9.59 Å². The molecular formula is C14H15ClN2O3. The lowest BCUT2D eigenvalue weighted by Crippen LogP contribution is -2.36. The topological polar surface area (TPSA) is 49.9 Å². The Hall–Kier alpha value is -1.59. The van der Waals surface area contributed by atoms with E-state index in [2.05, 4.69) is 4.90 Å². The van der Waals surface area contributed by atoms with Crippen LogP contribution in [0, 0.1) is 0 Å². The number of nitrogens with zero attached hydrogens (tertiary/aromatic N) is 2. The van der Waals surface area contributed by atoms with Gasteiger partial charge in [0, 0.05) is 18.8 Å². The van der Waals surface area contributed by atoms with E-state index in [-0.39, 0.29) is 18.2 Å². The largest absolute Gasteiger partial charge is 0.378 e. The van der Waals surface area contributed by atoms with Gasteiger partial charge in [0.2, 0.25) is 5.91 Å². The Morgan fingerprint density at radius 3 is 2.20 bits per heavy atom. The summed E-state index contributed by atoms with van der Waals surface area (Å²) >= 11 is 5.82.